The summed E-state index contributed by atoms with van der Waals surface area (Å²) in [5.41, 5.74) is 3.36. The molecule has 0 fully saturated rings. The third-order valence-electron chi connectivity index (χ3n) is 3.33. The highest BCUT2D eigenvalue weighted by Gasteiger charge is 2.10. The molecule has 1 heterocycles. The van der Waals surface area contributed by atoms with E-state index in [2.05, 4.69) is 30.2 Å². The summed E-state index contributed by atoms with van der Waals surface area (Å²) in [5, 5.41) is 12.7. The fourth-order valence-electron chi connectivity index (χ4n) is 2.30. The number of nitrogens with one attached hydrogen (secondary N) is 1. The van der Waals surface area contributed by atoms with Gasteiger partial charge in [0.05, 0.1) is 16.9 Å². The van der Waals surface area contributed by atoms with E-state index in [0.717, 1.165) is 23.5 Å². The van der Waals surface area contributed by atoms with E-state index < -0.39 is 0 Å². The van der Waals surface area contributed by atoms with Crippen molar-refractivity contribution in [2.45, 2.75) is 65.8 Å². The second kappa shape index (κ2) is 7.78. The van der Waals surface area contributed by atoms with Crippen molar-refractivity contribution in [3.63, 3.8) is 0 Å². The van der Waals surface area contributed by atoms with Crippen molar-refractivity contribution < 1.29 is 0 Å². The Balaban J connectivity index is 2.63. The maximum atomic E-state index is 9.22. The van der Waals surface area contributed by atoms with Crippen LogP contribution in [0.5, 0.6) is 0 Å². The highest BCUT2D eigenvalue weighted by Crippen LogP contribution is 2.20. The highest BCUT2D eigenvalue weighted by molar-refractivity contribution is 5.60. The largest absolute Gasteiger partial charge is 0.381 e. The minimum absolute atomic E-state index is 0.394. The van der Waals surface area contributed by atoms with Gasteiger partial charge < -0.3 is 5.32 Å². The lowest BCUT2D eigenvalue weighted by Crippen LogP contribution is -2.16. The van der Waals surface area contributed by atoms with Crippen LogP contribution in [0.3, 0.4) is 0 Å². The second-order valence-corrected chi connectivity index (χ2v) is 5.28. The summed E-state index contributed by atoms with van der Waals surface area (Å²) in [4.78, 5) is 4.34. The van der Waals surface area contributed by atoms with Gasteiger partial charge in [0.2, 0.25) is 0 Å². The molecule has 0 amide bonds. The molecule has 1 unspecified atom stereocenters. The molecule has 0 bridgehead atoms. The number of rotatable bonds is 7. The van der Waals surface area contributed by atoms with E-state index in [1.807, 2.05) is 19.9 Å². The summed E-state index contributed by atoms with van der Waals surface area (Å²) in [6, 6.07) is 4.61. The number of hydrogen-bond acceptors (Lipinski definition) is 3. The van der Waals surface area contributed by atoms with Crippen molar-refractivity contribution in [1.29, 1.82) is 5.26 Å². The highest BCUT2D eigenvalue weighted by atomic mass is 14.9. The Hall–Kier alpha value is -1.56. The number of unbranched alkanes of at least 4 members (excludes halogenated alkanes) is 3. The summed E-state index contributed by atoms with van der Waals surface area (Å²) in [7, 11) is 0. The minimum atomic E-state index is 0.394. The molecule has 0 saturated carbocycles. The monoisotopic (exact) mass is 259 g/mol. The molecule has 0 aromatic carbocycles. The van der Waals surface area contributed by atoms with E-state index in [4.69, 9.17) is 0 Å². The number of pyridine rings is 1. The molecule has 1 aromatic heterocycles. The molecule has 0 spiro atoms. The van der Waals surface area contributed by atoms with E-state index in [1.165, 1.54) is 25.7 Å². The molecule has 3 nitrogen and oxygen atoms in total. The number of anilines is 1. The van der Waals surface area contributed by atoms with E-state index in [0.29, 0.717) is 11.6 Å². The van der Waals surface area contributed by atoms with E-state index in [-0.39, 0.29) is 0 Å². The summed E-state index contributed by atoms with van der Waals surface area (Å²) in [6.45, 7) is 8.26. The first-order chi connectivity index (χ1) is 9.08. The standard InChI is InChI=1S/C16H25N3/c1-5-6-7-8-9-12(2)19-16-10-13(3)18-14(4)15(16)11-17/h10,12H,5-9H2,1-4H3,(H,18,19). The van der Waals surface area contributed by atoms with Gasteiger partial charge >= 0.3 is 0 Å². The molecule has 0 radical (unpaired) electrons. The normalized spacial score (nSPS) is 11.9. The van der Waals surface area contributed by atoms with E-state index in [1.54, 1.807) is 0 Å². The lowest BCUT2D eigenvalue weighted by atomic mass is 10.1. The molecular weight excluding hydrogens is 234 g/mol. The molecule has 0 aliphatic carbocycles. The van der Waals surface area contributed by atoms with Crippen molar-refractivity contribution in [3.05, 3.63) is 23.0 Å². The third-order valence-corrected chi connectivity index (χ3v) is 3.33. The van der Waals surface area contributed by atoms with Crippen molar-refractivity contribution in [2.24, 2.45) is 0 Å². The van der Waals surface area contributed by atoms with Crippen LogP contribution in [-0.2, 0) is 0 Å². The first-order valence-electron chi connectivity index (χ1n) is 7.23. The summed E-state index contributed by atoms with van der Waals surface area (Å²) < 4.78 is 0. The number of nitrogens with zero attached hydrogens (tertiary/aromatic N) is 2. The lowest BCUT2D eigenvalue weighted by molar-refractivity contribution is 0.594. The minimum Gasteiger partial charge on any atom is -0.381 e. The Bertz CT molecular complexity index is 446. The average Bonchev–Trinajstić information content (AvgIpc) is 2.34. The van der Waals surface area contributed by atoms with Crippen molar-refractivity contribution in [3.8, 4) is 6.07 Å². The van der Waals surface area contributed by atoms with Gasteiger partial charge in [-0.1, -0.05) is 32.6 Å². The van der Waals surface area contributed by atoms with Crippen LogP contribution < -0.4 is 5.32 Å². The molecule has 0 aliphatic heterocycles. The summed E-state index contributed by atoms with van der Waals surface area (Å²) in [5.74, 6) is 0. The summed E-state index contributed by atoms with van der Waals surface area (Å²) in [6.07, 6.45) is 6.26. The fourth-order valence-corrected chi connectivity index (χ4v) is 2.30. The zero-order valence-electron chi connectivity index (χ0n) is 12.6. The molecule has 1 atom stereocenters. The van der Waals surface area contributed by atoms with Gasteiger partial charge in [0.1, 0.15) is 6.07 Å². The van der Waals surface area contributed by atoms with Crippen molar-refractivity contribution in [2.75, 3.05) is 5.32 Å². The van der Waals surface area contributed by atoms with Crippen LogP contribution in [0.25, 0.3) is 0 Å². The molecule has 1 aromatic rings. The van der Waals surface area contributed by atoms with Gasteiger partial charge in [-0.25, -0.2) is 0 Å². The molecule has 3 heteroatoms. The van der Waals surface area contributed by atoms with E-state index in [9.17, 15) is 5.26 Å². The Morgan fingerprint density at radius 1 is 1.32 bits per heavy atom. The fraction of sp³-hybridized carbons (Fsp3) is 0.625. The van der Waals surface area contributed by atoms with Crippen LogP contribution in [0.2, 0.25) is 0 Å². The van der Waals surface area contributed by atoms with Gasteiger partial charge in [-0.15, -0.1) is 0 Å². The zero-order valence-corrected chi connectivity index (χ0v) is 12.6. The van der Waals surface area contributed by atoms with Crippen molar-refractivity contribution in [1.82, 2.24) is 4.98 Å². The molecule has 1 rings (SSSR count). The van der Waals surface area contributed by atoms with Crippen LogP contribution in [0.1, 0.15) is 62.9 Å². The third kappa shape index (κ3) is 4.90. The first-order valence-corrected chi connectivity index (χ1v) is 7.23. The van der Waals surface area contributed by atoms with Gasteiger partial charge in [0, 0.05) is 11.7 Å². The number of hydrogen-bond donors (Lipinski definition) is 1. The van der Waals surface area contributed by atoms with Gasteiger partial charge in [-0.05, 0) is 33.3 Å². The number of aromatic nitrogens is 1. The molecular formula is C16H25N3. The van der Waals surface area contributed by atoms with Crippen LogP contribution >= 0.6 is 0 Å². The smallest absolute Gasteiger partial charge is 0.103 e. The van der Waals surface area contributed by atoms with Gasteiger partial charge in [-0.2, -0.15) is 5.26 Å². The Kier molecular flexibility index (Phi) is 6.35. The second-order valence-electron chi connectivity index (χ2n) is 5.28. The van der Waals surface area contributed by atoms with Crippen LogP contribution in [0.4, 0.5) is 5.69 Å². The molecule has 104 valence electrons. The number of aryl methyl sites for hydroxylation is 2. The van der Waals surface area contributed by atoms with Crippen LogP contribution in [0.15, 0.2) is 6.07 Å². The van der Waals surface area contributed by atoms with Gasteiger partial charge in [0.15, 0.2) is 0 Å². The topological polar surface area (TPSA) is 48.7 Å². The Morgan fingerprint density at radius 2 is 2.05 bits per heavy atom. The molecule has 19 heavy (non-hydrogen) atoms. The number of nitriles is 1. The van der Waals surface area contributed by atoms with E-state index >= 15 is 0 Å². The van der Waals surface area contributed by atoms with Crippen LogP contribution in [0, 0.1) is 25.2 Å². The zero-order chi connectivity index (χ0) is 14.3. The molecule has 1 N–H and O–H groups in total. The van der Waals surface area contributed by atoms with Gasteiger partial charge in [0.25, 0.3) is 0 Å². The predicted octanol–water partition coefficient (Wildman–Crippen LogP) is 4.34. The Labute approximate surface area is 117 Å². The lowest BCUT2D eigenvalue weighted by Gasteiger charge is -2.17. The predicted molar refractivity (Wildman–Crippen MR) is 80.3 cm³/mol. The quantitative estimate of drug-likeness (QED) is 0.741. The molecule has 0 saturated heterocycles. The maximum Gasteiger partial charge on any atom is 0.103 e. The van der Waals surface area contributed by atoms with Crippen molar-refractivity contribution >= 4 is 5.69 Å². The Morgan fingerprint density at radius 3 is 2.68 bits per heavy atom. The maximum absolute atomic E-state index is 9.22. The van der Waals surface area contributed by atoms with Gasteiger partial charge in [-0.3, -0.25) is 4.98 Å². The van der Waals surface area contributed by atoms with Crippen LogP contribution in [-0.4, -0.2) is 11.0 Å². The average molecular weight is 259 g/mol. The SMILES string of the molecule is CCCCCCC(C)Nc1cc(C)nc(C)c1C#N. The summed E-state index contributed by atoms with van der Waals surface area (Å²) >= 11 is 0. The first kappa shape index (κ1) is 15.5. The molecule has 0 aliphatic rings.